The van der Waals surface area contributed by atoms with Gasteiger partial charge in [-0.3, -0.25) is 5.10 Å². The van der Waals surface area contributed by atoms with Crippen molar-refractivity contribution >= 4 is 28.6 Å². The molecule has 2 fully saturated rings. The monoisotopic (exact) mass is 361 g/mol. The van der Waals surface area contributed by atoms with Crippen LogP contribution in [-0.4, -0.2) is 34.5 Å². The van der Waals surface area contributed by atoms with E-state index in [2.05, 4.69) is 25.8 Å². The summed E-state index contributed by atoms with van der Waals surface area (Å²) in [6.07, 6.45) is 3.71. The second-order valence-electron chi connectivity index (χ2n) is 6.83. The highest BCUT2D eigenvalue weighted by atomic mass is 32.1. The molecule has 4 heterocycles. The molecule has 1 saturated carbocycles. The Bertz CT molecular complexity index is 917. The minimum absolute atomic E-state index is 0.214. The summed E-state index contributed by atoms with van der Waals surface area (Å²) in [5.41, 5.74) is 5.33. The number of H-pyrrole nitrogens is 1. The molecule has 0 aromatic carbocycles. The molecule has 1 saturated heterocycles. The summed E-state index contributed by atoms with van der Waals surface area (Å²) in [5.74, 6) is -2.07. The van der Waals surface area contributed by atoms with Gasteiger partial charge in [0.25, 0.3) is 5.92 Å². The Morgan fingerprint density at radius 3 is 2.80 bits per heavy atom. The molecule has 0 spiro atoms. The van der Waals surface area contributed by atoms with E-state index in [1.807, 2.05) is 19.2 Å². The number of thiophene rings is 1. The molecule has 2 aromatic heterocycles. The number of aromatic amines is 1. The number of fused-ring (bicyclic) bond motifs is 1. The molecular formula is C17H17F2N5S. The molecule has 0 bridgehead atoms. The minimum atomic E-state index is -2.67. The number of aromatic nitrogens is 2. The van der Waals surface area contributed by atoms with Gasteiger partial charge in [-0.25, -0.2) is 13.8 Å². The van der Waals surface area contributed by atoms with E-state index in [-0.39, 0.29) is 13.0 Å². The first-order chi connectivity index (χ1) is 12.0. The predicted octanol–water partition coefficient (Wildman–Crippen LogP) is 3.58. The van der Waals surface area contributed by atoms with Gasteiger partial charge >= 0.3 is 0 Å². The molecule has 130 valence electrons. The molecule has 0 radical (unpaired) electrons. The van der Waals surface area contributed by atoms with Crippen molar-refractivity contribution in [3.8, 4) is 10.4 Å². The summed E-state index contributed by atoms with van der Waals surface area (Å²) in [7, 11) is 0. The van der Waals surface area contributed by atoms with Gasteiger partial charge in [-0.05, 0) is 31.4 Å². The van der Waals surface area contributed by atoms with Gasteiger partial charge in [0, 0.05) is 22.6 Å². The Morgan fingerprint density at radius 1 is 1.32 bits per heavy atom. The molecule has 1 atom stereocenters. The summed E-state index contributed by atoms with van der Waals surface area (Å²) < 4.78 is 27.2. The van der Waals surface area contributed by atoms with Crippen LogP contribution in [0.4, 0.5) is 14.5 Å². The van der Waals surface area contributed by atoms with Crippen molar-refractivity contribution in [3.63, 3.8) is 0 Å². The van der Waals surface area contributed by atoms with Crippen molar-refractivity contribution in [2.24, 2.45) is 4.99 Å². The molecule has 8 heteroatoms. The average Bonchev–Trinajstić information content (AvgIpc) is 3.00. The highest BCUT2D eigenvalue weighted by Crippen LogP contribution is 2.47. The lowest BCUT2D eigenvalue weighted by molar-refractivity contribution is 0.0225. The fourth-order valence-electron chi connectivity index (χ4n) is 3.35. The number of nitrogens with one attached hydrogen (secondary N) is 3. The quantitative estimate of drug-likeness (QED) is 0.766. The lowest BCUT2D eigenvalue weighted by atomic mass is 10.1. The number of alkyl halides is 2. The van der Waals surface area contributed by atoms with Crippen LogP contribution in [0.25, 0.3) is 16.1 Å². The van der Waals surface area contributed by atoms with E-state index >= 15 is 0 Å². The Balaban J connectivity index is 1.57. The van der Waals surface area contributed by atoms with Crippen LogP contribution in [-0.2, 0) is 0 Å². The van der Waals surface area contributed by atoms with Gasteiger partial charge in [0.05, 0.1) is 35.0 Å². The van der Waals surface area contributed by atoms with Gasteiger partial charge in [0.1, 0.15) is 5.84 Å². The summed E-state index contributed by atoms with van der Waals surface area (Å²) in [6.45, 7) is 1.69. The molecule has 3 N–H and O–H groups in total. The van der Waals surface area contributed by atoms with Crippen LogP contribution in [0.3, 0.4) is 0 Å². The maximum atomic E-state index is 13.6. The summed E-state index contributed by atoms with van der Waals surface area (Å²) in [6, 6.07) is 1.60. The van der Waals surface area contributed by atoms with Crippen molar-refractivity contribution in [1.29, 1.82) is 0 Å². The molecule has 2 aliphatic heterocycles. The third-order valence-electron chi connectivity index (χ3n) is 4.82. The average molecular weight is 361 g/mol. The van der Waals surface area contributed by atoms with Gasteiger partial charge in [-0.2, -0.15) is 5.10 Å². The van der Waals surface area contributed by atoms with Crippen LogP contribution in [0, 0.1) is 6.92 Å². The second-order valence-corrected chi connectivity index (χ2v) is 7.88. The van der Waals surface area contributed by atoms with Crippen molar-refractivity contribution in [2.75, 3.05) is 6.54 Å². The molecule has 0 amide bonds. The number of allylic oxidation sites excluding steroid dienone is 1. The lowest BCUT2D eigenvalue weighted by Crippen LogP contribution is -2.40. The minimum Gasteiger partial charge on any atom is -0.341 e. The highest BCUT2D eigenvalue weighted by Gasteiger charge is 2.42. The predicted molar refractivity (Wildman–Crippen MR) is 94.4 cm³/mol. The molecule has 5 rings (SSSR count). The maximum absolute atomic E-state index is 13.6. The molecule has 25 heavy (non-hydrogen) atoms. The van der Waals surface area contributed by atoms with Crippen LogP contribution in [0.5, 0.6) is 0 Å². The van der Waals surface area contributed by atoms with Crippen LogP contribution in [0.2, 0.25) is 0 Å². The van der Waals surface area contributed by atoms with E-state index < -0.39 is 12.0 Å². The summed E-state index contributed by atoms with van der Waals surface area (Å²) in [5, 5.41) is 13.3. The zero-order chi connectivity index (χ0) is 17.2. The van der Waals surface area contributed by atoms with Crippen molar-refractivity contribution in [2.45, 2.75) is 38.2 Å². The molecule has 2 aromatic rings. The fraction of sp³-hybridized carbons (Fsp3) is 0.412. The molecule has 1 aliphatic carbocycles. The number of rotatable bonds is 2. The molecule has 5 nitrogen and oxygen atoms in total. The van der Waals surface area contributed by atoms with Crippen LogP contribution >= 0.6 is 11.3 Å². The topological polar surface area (TPSA) is 65.1 Å². The first-order valence-corrected chi connectivity index (χ1v) is 9.15. The fourth-order valence-corrected chi connectivity index (χ4v) is 4.57. The van der Waals surface area contributed by atoms with E-state index in [0.29, 0.717) is 5.84 Å². The van der Waals surface area contributed by atoms with E-state index in [0.717, 1.165) is 45.2 Å². The van der Waals surface area contributed by atoms with Gasteiger partial charge in [0.2, 0.25) is 0 Å². The van der Waals surface area contributed by atoms with Gasteiger partial charge in [-0.1, -0.05) is 0 Å². The zero-order valence-electron chi connectivity index (χ0n) is 13.6. The number of aliphatic imine (C=N–C) groups is 1. The van der Waals surface area contributed by atoms with Crippen molar-refractivity contribution in [1.82, 2.24) is 20.8 Å². The third kappa shape index (κ3) is 2.60. The molecule has 3 aliphatic rings. The summed E-state index contributed by atoms with van der Waals surface area (Å²) in [4.78, 5) is 6.85. The lowest BCUT2D eigenvalue weighted by Gasteiger charge is -2.22. The van der Waals surface area contributed by atoms with Crippen molar-refractivity contribution in [3.05, 3.63) is 28.4 Å². The summed E-state index contributed by atoms with van der Waals surface area (Å²) >= 11 is 1.67. The Labute approximate surface area is 147 Å². The van der Waals surface area contributed by atoms with Crippen molar-refractivity contribution < 1.29 is 8.78 Å². The first kappa shape index (κ1) is 15.2. The zero-order valence-corrected chi connectivity index (χ0v) is 14.4. The number of aryl methyl sites for hydroxylation is 1. The second kappa shape index (κ2) is 5.22. The number of nitrogens with zero attached hydrogens (tertiary/aromatic N) is 2. The number of halogens is 2. The molecule has 1 unspecified atom stereocenters. The van der Waals surface area contributed by atoms with E-state index in [1.54, 1.807) is 11.3 Å². The standard InChI is InChI=1S/C17H17F2N5S/c1-8-10(6-21-24-8)13-4-11-15(25-13)14(9-2-3-9)23-16(22-11)12-5-17(18,19)7-20-12/h4,6,12,20H,2-3,5,7H2,1H3,(H,21,24)(H,22,23). The van der Waals surface area contributed by atoms with Crippen LogP contribution in [0.15, 0.2) is 22.8 Å². The smallest absolute Gasteiger partial charge is 0.262 e. The van der Waals surface area contributed by atoms with Gasteiger partial charge < -0.3 is 10.6 Å². The van der Waals surface area contributed by atoms with Crippen LogP contribution in [0.1, 0.15) is 29.8 Å². The maximum Gasteiger partial charge on any atom is 0.262 e. The molecular weight excluding hydrogens is 344 g/mol. The largest absolute Gasteiger partial charge is 0.341 e. The SMILES string of the molecule is Cc1[nH]ncc1-c1cc2c(s1)C(=C1CC1)NC(C1CC(F)(F)CN1)=N2. The Morgan fingerprint density at radius 2 is 2.16 bits per heavy atom. The van der Waals surface area contributed by atoms with E-state index in [4.69, 9.17) is 0 Å². The number of hydrogen-bond acceptors (Lipinski definition) is 5. The van der Waals surface area contributed by atoms with E-state index in [1.165, 1.54) is 5.57 Å². The Kier molecular flexibility index (Phi) is 3.18. The van der Waals surface area contributed by atoms with Gasteiger partial charge in [0.15, 0.2) is 0 Å². The van der Waals surface area contributed by atoms with Gasteiger partial charge in [-0.15, -0.1) is 11.3 Å². The first-order valence-electron chi connectivity index (χ1n) is 8.33. The third-order valence-corrected chi connectivity index (χ3v) is 6.00. The van der Waals surface area contributed by atoms with Crippen LogP contribution < -0.4 is 10.6 Å². The van der Waals surface area contributed by atoms with E-state index in [9.17, 15) is 8.78 Å². The Hall–Kier alpha value is -2.06. The highest BCUT2D eigenvalue weighted by molar-refractivity contribution is 7.17. The number of hydrogen-bond donors (Lipinski definition) is 3. The number of amidine groups is 1. The normalized spacial score (nSPS) is 24.1.